The Bertz CT molecular complexity index is 116. The molecule has 0 spiro atoms. The maximum atomic E-state index is 3.70. The number of rotatable bonds is 11. The molecule has 0 saturated carbocycles. The molecule has 0 bridgehead atoms. The van der Waals surface area contributed by atoms with Gasteiger partial charge in [-0.25, -0.2) is 0 Å². The van der Waals surface area contributed by atoms with Gasteiger partial charge in [0.05, 0.1) is 0 Å². The van der Waals surface area contributed by atoms with E-state index >= 15 is 0 Å². The van der Waals surface area contributed by atoms with Gasteiger partial charge in [0, 0.05) is 11.5 Å². The van der Waals surface area contributed by atoms with Crippen LogP contribution in [0.15, 0.2) is 25.3 Å². The van der Waals surface area contributed by atoms with Crippen LogP contribution in [0, 0.1) is 0 Å². The van der Waals surface area contributed by atoms with E-state index < -0.39 is 0 Å². The van der Waals surface area contributed by atoms with Crippen LogP contribution in [0.3, 0.4) is 0 Å². The Morgan fingerprint density at radius 1 is 0.714 bits per heavy atom. The fourth-order valence-electron chi connectivity index (χ4n) is 1.10. The highest BCUT2D eigenvalue weighted by Gasteiger charge is 1.90. The first-order valence-electron chi connectivity index (χ1n) is 5.29. The standard InChI is InChI=1S/C12H22S2/c1-3-9-13-11-7-5-6-8-12-14-10-4-2/h3-4H,1-2,5-12H2. The Hall–Kier alpha value is 0.180. The highest BCUT2D eigenvalue weighted by Crippen LogP contribution is 2.10. The fraction of sp³-hybridized carbons (Fsp3) is 0.667. The maximum absolute atomic E-state index is 3.70. The Morgan fingerprint density at radius 2 is 1.14 bits per heavy atom. The first kappa shape index (κ1) is 14.2. The monoisotopic (exact) mass is 230 g/mol. The third-order valence-corrected chi connectivity index (χ3v) is 3.90. The van der Waals surface area contributed by atoms with Gasteiger partial charge in [0.15, 0.2) is 0 Å². The molecule has 2 heteroatoms. The van der Waals surface area contributed by atoms with Crippen LogP contribution in [0.1, 0.15) is 25.7 Å². The molecule has 0 unspecified atom stereocenters. The van der Waals surface area contributed by atoms with Gasteiger partial charge in [0.1, 0.15) is 0 Å². The molecular formula is C12H22S2. The quantitative estimate of drug-likeness (QED) is 0.381. The van der Waals surface area contributed by atoms with Gasteiger partial charge in [-0.05, 0) is 24.3 Å². The summed E-state index contributed by atoms with van der Waals surface area (Å²) >= 11 is 3.98. The topological polar surface area (TPSA) is 0 Å². The molecule has 0 N–H and O–H groups in total. The lowest BCUT2D eigenvalue weighted by atomic mass is 10.2. The van der Waals surface area contributed by atoms with Crippen molar-refractivity contribution in [1.82, 2.24) is 0 Å². The summed E-state index contributed by atoms with van der Waals surface area (Å²) < 4.78 is 0. The lowest BCUT2D eigenvalue weighted by Crippen LogP contribution is -1.85. The van der Waals surface area contributed by atoms with Gasteiger partial charge in [0.25, 0.3) is 0 Å². The molecule has 0 aliphatic heterocycles. The molecule has 0 aliphatic rings. The predicted molar refractivity (Wildman–Crippen MR) is 73.5 cm³/mol. The average Bonchev–Trinajstić information content (AvgIpc) is 2.21. The number of hydrogen-bond donors (Lipinski definition) is 0. The van der Waals surface area contributed by atoms with Crippen molar-refractivity contribution in [1.29, 1.82) is 0 Å². The molecule has 0 aromatic rings. The third kappa shape index (κ3) is 12.2. The average molecular weight is 230 g/mol. The number of unbranched alkanes of at least 4 members (excludes halogenated alkanes) is 3. The van der Waals surface area contributed by atoms with Crippen molar-refractivity contribution in [2.45, 2.75) is 25.7 Å². The summed E-state index contributed by atoms with van der Waals surface area (Å²) in [5.74, 6) is 4.81. The lowest BCUT2D eigenvalue weighted by Gasteiger charge is -2.00. The van der Waals surface area contributed by atoms with E-state index in [1.54, 1.807) is 0 Å². The second kappa shape index (κ2) is 13.2. The highest BCUT2D eigenvalue weighted by atomic mass is 32.2. The normalized spacial score (nSPS) is 10.0. The van der Waals surface area contributed by atoms with Crippen LogP contribution in [0.4, 0.5) is 0 Å². The molecule has 0 heterocycles. The number of thioether (sulfide) groups is 2. The SMILES string of the molecule is C=CCSCCCCCCSCC=C. The van der Waals surface area contributed by atoms with Crippen molar-refractivity contribution < 1.29 is 0 Å². The molecule has 0 saturated heterocycles. The van der Waals surface area contributed by atoms with Crippen LogP contribution < -0.4 is 0 Å². The summed E-state index contributed by atoms with van der Waals surface area (Å²) in [6.07, 6.45) is 9.47. The molecule has 14 heavy (non-hydrogen) atoms. The van der Waals surface area contributed by atoms with Crippen molar-refractivity contribution in [3.63, 3.8) is 0 Å². The van der Waals surface area contributed by atoms with E-state index in [1.807, 2.05) is 35.7 Å². The Balaban J connectivity index is 2.84. The molecule has 0 aliphatic carbocycles. The van der Waals surface area contributed by atoms with Gasteiger partial charge >= 0.3 is 0 Å². The van der Waals surface area contributed by atoms with Crippen LogP contribution in [-0.2, 0) is 0 Å². The molecule has 0 aromatic heterocycles. The summed E-state index contributed by atoms with van der Waals surface area (Å²) in [5, 5.41) is 0. The third-order valence-electron chi connectivity index (χ3n) is 1.80. The van der Waals surface area contributed by atoms with Gasteiger partial charge in [0.2, 0.25) is 0 Å². The highest BCUT2D eigenvalue weighted by molar-refractivity contribution is 7.99. The van der Waals surface area contributed by atoms with E-state index in [0.717, 1.165) is 11.5 Å². The van der Waals surface area contributed by atoms with Crippen LogP contribution in [0.25, 0.3) is 0 Å². The van der Waals surface area contributed by atoms with Crippen LogP contribution in [0.5, 0.6) is 0 Å². The molecule has 0 amide bonds. The van der Waals surface area contributed by atoms with E-state index in [9.17, 15) is 0 Å². The van der Waals surface area contributed by atoms with E-state index in [4.69, 9.17) is 0 Å². The molecule has 0 fully saturated rings. The van der Waals surface area contributed by atoms with Gasteiger partial charge < -0.3 is 0 Å². The van der Waals surface area contributed by atoms with Crippen molar-refractivity contribution >= 4 is 23.5 Å². The first-order chi connectivity index (χ1) is 6.91. The van der Waals surface area contributed by atoms with Gasteiger partial charge in [-0.3, -0.25) is 0 Å². The van der Waals surface area contributed by atoms with E-state index in [0.29, 0.717) is 0 Å². The Labute approximate surface area is 97.6 Å². The molecular weight excluding hydrogens is 208 g/mol. The van der Waals surface area contributed by atoms with E-state index in [1.165, 1.54) is 37.2 Å². The van der Waals surface area contributed by atoms with Gasteiger partial charge in [-0.1, -0.05) is 25.0 Å². The summed E-state index contributed by atoms with van der Waals surface area (Å²) in [4.78, 5) is 0. The lowest BCUT2D eigenvalue weighted by molar-refractivity contribution is 0.711. The molecule has 0 rings (SSSR count). The fourth-order valence-corrected chi connectivity index (χ4v) is 2.58. The zero-order chi connectivity index (χ0) is 10.5. The van der Waals surface area contributed by atoms with Crippen molar-refractivity contribution in [2.75, 3.05) is 23.0 Å². The smallest absolute Gasteiger partial charge is 0.0110 e. The van der Waals surface area contributed by atoms with E-state index in [2.05, 4.69) is 13.2 Å². The minimum atomic E-state index is 1.11. The molecule has 0 radical (unpaired) electrons. The maximum Gasteiger partial charge on any atom is 0.0110 e. The minimum absolute atomic E-state index is 1.11. The molecule has 0 nitrogen and oxygen atoms in total. The summed E-state index contributed by atoms with van der Waals surface area (Å²) in [7, 11) is 0. The largest absolute Gasteiger partial charge is 0.158 e. The second-order valence-electron chi connectivity index (χ2n) is 3.14. The Morgan fingerprint density at radius 3 is 1.50 bits per heavy atom. The van der Waals surface area contributed by atoms with Crippen LogP contribution in [-0.4, -0.2) is 23.0 Å². The number of hydrogen-bond acceptors (Lipinski definition) is 2. The minimum Gasteiger partial charge on any atom is -0.158 e. The predicted octanol–water partition coefficient (Wildman–Crippen LogP) is 4.39. The van der Waals surface area contributed by atoms with Crippen LogP contribution in [0.2, 0.25) is 0 Å². The van der Waals surface area contributed by atoms with Crippen molar-refractivity contribution in [3.05, 3.63) is 25.3 Å². The van der Waals surface area contributed by atoms with Crippen molar-refractivity contribution in [3.8, 4) is 0 Å². The summed E-state index contributed by atoms with van der Waals surface area (Å²) in [6.45, 7) is 7.41. The molecule has 0 atom stereocenters. The summed E-state index contributed by atoms with van der Waals surface area (Å²) in [6, 6.07) is 0. The molecule has 82 valence electrons. The van der Waals surface area contributed by atoms with Crippen LogP contribution >= 0.6 is 23.5 Å². The van der Waals surface area contributed by atoms with Gasteiger partial charge in [-0.2, -0.15) is 23.5 Å². The zero-order valence-corrected chi connectivity index (χ0v) is 10.7. The van der Waals surface area contributed by atoms with Crippen molar-refractivity contribution in [2.24, 2.45) is 0 Å². The summed E-state index contributed by atoms with van der Waals surface area (Å²) in [5.41, 5.74) is 0. The molecule has 0 aromatic carbocycles. The first-order valence-corrected chi connectivity index (χ1v) is 7.60. The zero-order valence-electron chi connectivity index (χ0n) is 9.04. The van der Waals surface area contributed by atoms with E-state index in [-0.39, 0.29) is 0 Å². The Kier molecular flexibility index (Phi) is 13.3. The van der Waals surface area contributed by atoms with Gasteiger partial charge in [-0.15, -0.1) is 13.2 Å². The second-order valence-corrected chi connectivity index (χ2v) is 5.44.